The Balaban J connectivity index is 2.39. The number of carboxylic acids is 1. The minimum atomic E-state index is -4.02. The number of hydrogen-bond donors (Lipinski definition) is 4. The predicted octanol–water partition coefficient (Wildman–Crippen LogP) is -0.788. The quantitative estimate of drug-likeness (QED) is 0.450. The number of rotatable bonds is 4. The molecule has 0 spiro atoms. The van der Waals surface area contributed by atoms with Gasteiger partial charge in [-0.2, -0.15) is 0 Å². The Morgan fingerprint density at radius 2 is 2.15 bits per heavy atom. The van der Waals surface area contributed by atoms with Crippen molar-refractivity contribution in [2.24, 2.45) is 17.6 Å². The van der Waals surface area contributed by atoms with E-state index in [1.165, 1.54) is 0 Å². The van der Waals surface area contributed by atoms with E-state index in [4.69, 9.17) is 20.6 Å². The largest absolute Gasteiger partial charge is 0.480 e. The Kier molecular flexibility index (Phi) is 2.77. The number of nitrogens with two attached hydrogens (primary N) is 1. The van der Waals surface area contributed by atoms with Crippen molar-refractivity contribution >= 4 is 13.6 Å². The number of aliphatic carboxylic acids is 1. The molecule has 2 unspecified atom stereocenters. The smallest absolute Gasteiger partial charge is 0.325 e. The van der Waals surface area contributed by atoms with Crippen LogP contribution in [0.4, 0.5) is 0 Å². The maximum absolute atomic E-state index is 10.5. The third kappa shape index (κ3) is 3.08. The molecule has 76 valence electrons. The SMILES string of the molecule is N[C@H](C(=O)O)C1CC1CP(=O)(O)O. The van der Waals surface area contributed by atoms with E-state index in [1.807, 2.05) is 0 Å². The molecule has 1 aliphatic carbocycles. The first kappa shape index (κ1) is 10.7. The highest BCUT2D eigenvalue weighted by Crippen LogP contribution is 2.50. The lowest BCUT2D eigenvalue weighted by atomic mass is 10.2. The topological polar surface area (TPSA) is 121 Å². The van der Waals surface area contributed by atoms with E-state index in [1.54, 1.807) is 0 Å². The van der Waals surface area contributed by atoms with Gasteiger partial charge in [0, 0.05) is 0 Å². The normalized spacial score (nSPS) is 29.8. The van der Waals surface area contributed by atoms with Crippen LogP contribution in [0.2, 0.25) is 0 Å². The second kappa shape index (κ2) is 3.38. The van der Waals surface area contributed by atoms with Crippen molar-refractivity contribution in [1.29, 1.82) is 0 Å². The Morgan fingerprint density at radius 3 is 2.54 bits per heavy atom. The molecular weight excluding hydrogens is 197 g/mol. The molecular formula is C6H12NO5P. The first-order chi connectivity index (χ1) is 5.81. The van der Waals surface area contributed by atoms with Gasteiger partial charge in [-0.3, -0.25) is 9.36 Å². The molecule has 7 heteroatoms. The summed E-state index contributed by atoms with van der Waals surface area (Å²) >= 11 is 0. The molecule has 5 N–H and O–H groups in total. The van der Waals surface area contributed by atoms with Crippen molar-refractivity contribution in [3.63, 3.8) is 0 Å². The lowest BCUT2D eigenvalue weighted by Crippen LogP contribution is -2.33. The minimum absolute atomic E-state index is 0.230. The third-order valence-corrected chi connectivity index (χ3v) is 3.14. The van der Waals surface area contributed by atoms with Crippen LogP contribution in [0.25, 0.3) is 0 Å². The Hall–Kier alpha value is -0.420. The van der Waals surface area contributed by atoms with Crippen molar-refractivity contribution < 1.29 is 24.3 Å². The molecule has 0 heterocycles. The average Bonchev–Trinajstić information content (AvgIpc) is 2.62. The molecule has 0 aliphatic heterocycles. The summed E-state index contributed by atoms with van der Waals surface area (Å²) in [4.78, 5) is 27.6. The fraction of sp³-hybridized carbons (Fsp3) is 0.833. The zero-order valence-corrected chi connectivity index (χ0v) is 7.72. The maximum Gasteiger partial charge on any atom is 0.325 e. The molecule has 0 aromatic heterocycles. The molecule has 0 saturated heterocycles. The molecule has 6 nitrogen and oxygen atoms in total. The molecule has 1 saturated carbocycles. The molecule has 0 aromatic rings. The van der Waals surface area contributed by atoms with Gasteiger partial charge in [-0.25, -0.2) is 0 Å². The number of carboxylic acid groups (broad SMARTS) is 1. The van der Waals surface area contributed by atoms with Crippen LogP contribution in [0, 0.1) is 11.8 Å². The van der Waals surface area contributed by atoms with Gasteiger partial charge in [0.2, 0.25) is 0 Å². The first-order valence-electron chi connectivity index (χ1n) is 3.84. The highest BCUT2D eigenvalue weighted by Gasteiger charge is 2.46. The van der Waals surface area contributed by atoms with Crippen LogP contribution < -0.4 is 5.73 Å². The van der Waals surface area contributed by atoms with Crippen LogP contribution in [0.15, 0.2) is 0 Å². The molecule has 1 fully saturated rings. The summed E-state index contributed by atoms with van der Waals surface area (Å²) in [6.45, 7) is 0. The van der Waals surface area contributed by atoms with Gasteiger partial charge in [0.25, 0.3) is 0 Å². The minimum Gasteiger partial charge on any atom is -0.480 e. The molecule has 3 atom stereocenters. The lowest BCUT2D eigenvalue weighted by molar-refractivity contribution is -0.139. The lowest BCUT2D eigenvalue weighted by Gasteiger charge is -2.05. The summed E-state index contributed by atoms with van der Waals surface area (Å²) in [6, 6.07) is -0.989. The maximum atomic E-state index is 10.5. The summed E-state index contributed by atoms with van der Waals surface area (Å²) in [5, 5.41) is 8.49. The van der Waals surface area contributed by atoms with Crippen molar-refractivity contribution in [2.45, 2.75) is 12.5 Å². The van der Waals surface area contributed by atoms with Gasteiger partial charge in [0.15, 0.2) is 0 Å². The van der Waals surface area contributed by atoms with Gasteiger partial charge in [-0.05, 0) is 18.3 Å². The summed E-state index contributed by atoms with van der Waals surface area (Å²) < 4.78 is 10.5. The zero-order chi connectivity index (χ0) is 10.2. The summed E-state index contributed by atoms with van der Waals surface area (Å²) in [7, 11) is -4.02. The number of hydrogen-bond acceptors (Lipinski definition) is 3. The standard InChI is InChI=1S/C6H12NO5P/c7-5(6(8)9)4-1-3(4)2-13(10,11)12/h3-5H,1-2,7H2,(H,8,9)(H2,10,11,12)/t3?,4?,5-/m0/s1. The van der Waals surface area contributed by atoms with E-state index in [9.17, 15) is 9.36 Å². The van der Waals surface area contributed by atoms with Gasteiger partial charge in [-0.15, -0.1) is 0 Å². The molecule has 0 amide bonds. The molecule has 0 radical (unpaired) electrons. The average molecular weight is 209 g/mol. The van der Waals surface area contributed by atoms with Crippen LogP contribution in [0.1, 0.15) is 6.42 Å². The van der Waals surface area contributed by atoms with E-state index in [0.29, 0.717) is 6.42 Å². The van der Waals surface area contributed by atoms with Crippen LogP contribution >= 0.6 is 7.60 Å². The molecule has 0 bridgehead atoms. The van der Waals surface area contributed by atoms with Crippen LogP contribution in [-0.4, -0.2) is 33.1 Å². The Morgan fingerprint density at radius 1 is 1.62 bits per heavy atom. The van der Waals surface area contributed by atoms with Gasteiger partial charge in [0.1, 0.15) is 6.04 Å². The zero-order valence-electron chi connectivity index (χ0n) is 6.83. The summed E-state index contributed by atoms with van der Waals surface area (Å²) in [5.74, 6) is -1.62. The van der Waals surface area contributed by atoms with E-state index in [2.05, 4.69) is 0 Å². The van der Waals surface area contributed by atoms with E-state index >= 15 is 0 Å². The summed E-state index contributed by atoms with van der Waals surface area (Å²) in [5.41, 5.74) is 5.28. The van der Waals surface area contributed by atoms with Gasteiger partial charge in [0.05, 0.1) is 6.16 Å². The highest BCUT2D eigenvalue weighted by atomic mass is 31.2. The molecule has 13 heavy (non-hydrogen) atoms. The van der Waals surface area contributed by atoms with Gasteiger partial charge >= 0.3 is 13.6 Å². The predicted molar refractivity (Wildman–Crippen MR) is 44.1 cm³/mol. The fourth-order valence-corrected chi connectivity index (χ4v) is 2.44. The van der Waals surface area contributed by atoms with Crippen molar-refractivity contribution in [1.82, 2.24) is 0 Å². The second-order valence-corrected chi connectivity index (χ2v) is 5.07. The van der Waals surface area contributed by atoms with Gasteiger partial charge in [-0.1, -0.05) is 0 Å². The first-order valence-corrected chi connectivity index (χ1v) is 5.64. The van der Waals surface area contributed by atoms with Crippen LogP contribution in [0.5, 0.6) is 0 Å². The Bertz CT molecular complexity index is 262. The number of carbonyl (C=O) groups is 1. The molecule has 1 rings (SSSR count). The third-order valence-electron chi connectivity index (χ3n) is 2.20. The monoisotopic (exact) mass is 209 g/mol. The van der Waals surface area contributed by atoms with Crippen molar-refractivity contribution in [3.8, 4) is 0 Å². The Labute approximate surface area is 74.9 Å². The summed E-state index contributed by atoms with van der Waals surface area (Å²) in [6.07, 6.45) is 0.247. The van der Waals surface area contributed by atoms with Crippen LogP contribution in [-0.2, 0) is 9.36 Å². The fourth-order valence-electron chi connectivity index (χ4n) is 1.41. The van der Waals surface area contributed by atoms with E-state index in [0.717, 1.165) is 0 Å². The second-order valence-electron chi connectivity index (χ2n) is 3.37. The van der Waals surface area contributed by atoms with Crippen molar-refractivity contribution in [3.05, 3.63) is 0 Å². The van der Waals surface area contributed by atoms with Crippen molar-refractivity contribution in [2.75, 3.05) is 6.16 Å². The highest BCUT2D eigenvalue weighted by molar-refractivity contribution is 7.51. The molecule has 0 aromatic carbocycles. The molecule has 1 aliphatic rings. The van der Waals surface area contributed by atoms with Crippen LogP contribution in [0.3, 0.4) is 0 Å². The van der Waals surface area contributed by atoms with E-state index in [-0.39, 0.29) is 18.0 Å². The van der Waals surface area contributed by atoms with E-state index < -0.39 is 19.6 Å². The van der Waals surface area contributed by atoms with Gasteiger partial charge < -0.3 is 20.6 Å².